The largest absolute Gasteiger partial charge is 0.478 e. The molecule has 110 valence electrons. The maximum absolute atomic E-state index is 13.4. The highest BCUT2D eigenvalue weighted by molar-refractivity contribution is 5.97. The minimum absolute atomic E-state index is 0.342. The van der Waals surface area contributed by atoms with Gasteiger partial charge in [-0.3, -0.25) is 4.79 Å². The number of azo groups is 1. The van der Waals surface area contributed by atoms with Gasteiger partial charge in [-0.25, -0.2) is 9.18 Å². The van der Waals surface area contributed by atoms with E-state index in [1.807, 2.05) is 0 Å². The molecule has 1 aliphatic heterocycles. The number of hydrogen-bond acceptors (Lipinski definition) is 3. The van der Waals surface area contributed by atoms with Crippen molar-refractivity contribution in [3.05, 3.63) is 70.5 Å². The number of aromatic carboxylic acids is 1. The molecule has 0 radical (unpaired) electrons. The number of carbonyl (C=O) groups is 2. The van der Waals surface area contributed by atoms with E-state index < -0.39 is 17.7 Å². The van der Waals surface area contributed by atoms with Crippen molar-refractivity contribution in [3.63, 3.8) is 0 Å². The van der Waals surface area contributed by atoms with Crippen LogP contribution in [0.2, 0.25) is 0 Å². The van der Waals surface area contributed by atoms with Gasteiger partial charge in [0.15, 0.2) is 0 Å². The van der Waals surface area contributed by atoms with Gasteiger partial charge in [0.05, 0.1) is 5.56 Å². The summed E-state index contributed by atoms with van der Waals surface area (Å²) in [7, 11) is 0. The van der Waals surface area contributed by atoms with Crippen molar-refractivity contribution in [2.45, 2.75) is 12.5 Å². The fraction of sp³-hybridized carbons (Fsp3) is 0.125. The topological polar surface area (TPSA) is 79.1 Å². The van der Waals surface area contributed by atoms with E-state index in [4.69, 9.17) is 5.11 Å². The third kappa shape index (κ3) is 2.50. The molecule has 2 aromatic carbocycles. The van der Waals surface area contributed by atoms with Crippen molar-refractivity contribution in [2.75, 3.05) is 0 Å². The van der Waals surface area contributed by atoms with E-state index in [9.17, 15) is 14.0 Å². The molecule has 6 heteroatoms. The Bertz CT molecular complexity index is 802. The zero-order valence-electron chi connectivity index (χ0n) is 11.4. The molecule has 0 saturated heterocycles. The van der Waals surface area contributed by atoms with Crippen molar-refractivity contribution < 1.29 is 19.1 Å². The van der Waals surface area contributed by atoms with Gasteiger partial charge in [0, 0.05) is 12.0 Å². The van der Waals surface area contributed by atoms with Crippen molar-refractivity contribution >= 4 is 11.9 Å². The van der Waals surface area contributed by atoms with Crippen molar-refractivity contribution in [2.24, 2.45) is 10.2 Å². The summed E-state index contributed by atoms with van der Waals surface area (Å²) in [5, 5.41) is 16.6. The molecule has 5 nitrogen and oxygen atoms in total. The first-order chi connectivity index (χ1) is 10.6. The van der Waals surface area contributed by atoms with Gasteiger partial charge in [-0.2, -0.15) is 5.11 Å². The Kier molecular flexibility index (Phi) is 3.50. The molecule has 0 aliphatic carbocycles. The number of nitrogens with zero attached hydrogens (tertiary/aromatic N) is 2. The van der Waals surface area contributed by atoms with Crippen LogP contribution in [0.1, 0.15) is 37.9 Å². The predicted molar refractivity (Wildman–Crippen MR) is 75.4 cm³/mol. The average Bonchev–Trinajstić information content (AvgIpc) is 2.52. The Labute approximate surface area is 125 Å². The molecule has 0 spiro atoms. The second kappa shape index (κ2) is 5.48. The Hall–Kier alpha value is -2.89. The Morgan fingerprint density at radius 3 is 2.77 bits per heavy atom. The molecule has 1 atom stereocenters. The standard InChI is InChI=1S/C16H11FN2O3/c17-13-6-5-9(7-12(13)16(21)22)8-14-10-3-1-2-4-11(10)15(20)19-18-14/h1-7,14H,8H2,(H,21,22). The molecule has 0 fully saturated rings. The summed E-state index contributed by atoms with van der Waals surface area (Å²) in [6, 6.07) is 10.5. The van der Waals surface area contributed by atoms with Crippen LogP contribution < -0.4 is 0 Å². The maximum atomic E-state index is 13.4. The van der Waals surface area contributed by atoms with Gasteiger partial charge in [-0.1, -0.05) is 24.3 Å². The van der Waals surface area contributed by atoms with Crippen LogP contribution in [0.5, 0.6) is 0 Å². The molecule has 22 heavy (non-hydrogen) atoms. The van der Waals surface area contributed by atoms with Gasteiger partial charge < -0.3 is 5.11 Å². The van der Waals surface area contributed by atoms with Crippen molar-refractivity contribution in [3.8, 4) is 0 Å². The summed E-state index contributed by atoms with van der Waals surface area (Å²) in [6.45, 7) is 0. The monoisotopic (exact) mass is 298 g/mol. The third-order valence-corrected chi connectivity index (χ3v) is 3.53. The summed E-state index contributed by atoms with van der Waals surface area (Å²) in [5.41, 5.74) is 1.47. The first-order valence-electron chi connectivity index (χ1n) is 6.62. The molecule has 0 bridgehead atoms. The first-order valence-corrected chi connectivity index (χ1v) is 6.62. The van der Waals surface area contributed by atoms with Crippen molar-refractivity contribution in [1.29, 1.82) is 0 Å². The average molecular weight is 298 g/mol. The van der Waals surface area contributed by atoms with E-state index >= 15 is 0 Å². The molecule has 1 heterocycles. The van der Waals surface area contributed by atoms with Gasteiger partial charge in [0.25, 0.3) is 5.91 Å². The number of carbonyl (C=O) groups excluding carboxylic acids is 1. The Balaban J connectivity index is 1.94. The fourth-order valence-corrected chi connectivity index (χ4v) is 2.46. The number of carboxylic acids is 1. The lowest BCUT2D eigenvalue weighted by molar-refractivity contribution is 0.0691. The molecule has 1 amide bonds. The van der Waals surface area contributed by atoms with Crippen LogP contribution in [0.3, 0.4) is 0 Å². The first kappa shape index (κ1) is 14.1. The van der Waals surface area contributed by atoms with E-state index in [1.165, 1.54) is 12.1 Å². The number of hydrogen-bond donors (Lipinski definition) is 1. The second-order valence-electron chi connectivity index (χ2n) is 4.95. The van der Waals surface area contributed by atoms with Gasteiger partial charge in [0.2, 0.25) is 0 Å². The molecule has 0 aromatic heterocycles. The quantitative estimate of drug-likeness (QED) is 0.943. The van der Waals surface area contributed by atoms with Gasteiger partial charge in [0.1, 0.15) is 11.9 Å². The Morgan fingerprint density at radius 1 is 1.23 bits per heavy atom. The summed E-state index contributed by atoms with van der Waals surface area (Å²) in [5.74, 6) is -2.49. The lowest BCUT2D eigenvalue weighted by atomic mass is 9.93. The molecule has 0 saturated carbocycles. The van der Waals surface area contributed by atoms with Crippen LogP contribution in [0.15, 0.2) is 52.7 Å². The van der Waals surface area contributed by atoms with Crippen LogP contribution in [0, 0.1) is 5.82 Å². The fourth-order valence-electron chi connectivity index (χ4n) is 2.46. The van der Waals surface area contributed by atoms with E-state index in [-0.39, 0.29) is 11.6 Å². The Morgan fingerprint density at radius 2 is 2.00 bits per heavy atom. The van der Waals surface area contributed by atoms with Crippen LogP contribution in [0.25, 0.3) is 0 Å². The van der Waals surface area contributed by atoms with Gasteiger partial charge >= 0.3 is 5.97 Å². The van der Waals surface area contributed by atoms with Gasteiger partial charge in [-0.15, -0.1) is 5.11 Å². The molecule has 1 aliphatic rings. The molecule has 1 unspecified atom stereocenters. The zero-order chi connectivity index (χ0) is 15.7. The number of rotatable bonds is 3. The van der Waals surface area contributed by atoms with E-state index in [1.54, 1.807) is 24.3 Å². The number of fused-ring (bicyclic) bond motifs is 1. The molecule has 3 rings (SSSR count). The number of carboxylic acid groups (broad SMARTS) is 1. The lowest BCUT2D eigenvalue weighted by Gasteiger charge is -2.18. The predicted octanol–water partition coefficient (Wildman–Crippen LogP) is 3.41. The third-order valence-electron chi connectivity index (χ3n) is 3.53. The summed E-state index contributed by atoms with van der Waals surface area (Å²) in [6.07, 6.45) is 0.342. The van der Waals surface area contributed by atoms with Crippen LogP contribution >= 0.6 is 0 Å². The normalized spacial score (nSPS) is 16.4. The lowest BCUT2D eigenvalue weighted by Crippen LogP contribution is -2.12. The summed E-state index contributed by atoms with van der Waals surface area (Å²) in [4.78, 5) is 22.7. The molecule has 1 N–H and O–H groups in total. The summed E-state index contributed by atoms with van der Waals surface area (Å²) >= 11 is 0. The van der Waals surface area contributed by atoms with E-state index in [2.05, 4.69) is 10.2 Å². The van der Waals surface area contributed by atoms with E-state index in [0.29, 0.717) is 17.5 Å². The molecule has 2 aromatic rings. The highest BCUT2D eigenvalue weighted by Gasteiger charge is 2.24. The highest BCUT2D eigenvalue weighted by Crippen LogP contribution is 2.30. The minimum atomic E-state index is -1.32. The second-order valence-corrected chi connectivity index (χ2v) is 4.95. The smallest absolute Gasteiger partial charge is 0.338 e. The zero-order valence-corrected chi connectivity index (χ0v) is 11.4. The number of amides is 1. The maximum Gasteiger partial charge on any atom is 0.338 e. The van der Waals surface area contributed by atoms with Crippen LogP contribution in [-0.2, 0) is 6.42 Å². The minimum Gasteiger partial charge on any atom is -0.478 e. The SMILES string of the molecule is O=C(O)c1cc(CC2N=NC(=O)c3ccccc32)ccc1F. The van der Waals surface area contributed by atoms with Crippen LogP contribution in [0.4, 0.5) is 4.39 Å². The van der Waals surface area contributed by atoms with Crippen LogP contribution in [-0.4, -0.2) is 17.0 Å². The molecular formula is C16H11FN2O3. The summed E-state index contributed by atoms with van der Waals surface area (Å²) < 4.78 is 13.4. The number of benzene rings is 2. The van der Waals surface area contributed by atoms with Gasteiger partial charge in [-0.05, 0) is 29.3 Å². The highest BCUT2D eigenvalue weighted by atomic mass is 19.1. The van der Waals surface area contributed by atoms with E-state index in [0.717, 1.165) is 11.6 Å². The van der Waals surface area contributed by atoms with Crippen molar-refractivity contribution in [1.82, 2.24) is 0 Å². The molecular weight excluding hydrogens is 287 g/mol. The number of halogens is 1.